The highest BCUT2D eigenvalue weighted by molar-refractivity contribution is 5.61. The number of nitrogens with zero attached hydrogens (tertiary/aromatic N) is 2. The van der Waals surface area contributed by atoms with Crippen LogP contribution < -0.4 is 9.30 Å². The van der Waals surface area contributed by atoms with E-state index in [0.717, 1.165) is 22.7 Å². The lowest BCUT2D eigenvalue weighted by Crippen LogP contribution is -2.28. The summed E-state index contributed by atoms with van der Waals surface area (Å²) in [5, 5.41) is 0. The summed E-state index contributed by atoms with van der Waals surface area (Å²) in [5.74, 6) is 1.66. The van der Waals surface area contributed by atoms with Gasteiger partial charge in [0.15, 0.2) is 12.4 Å². The van der Waals surface area contributed by atoms with E-state index in [1.807, 2.05) is 79.1 Å². The lowest BCUT2D eigenvalue weighted by atomic mass is 10.1. The molecule has 0 aliphatic rings. The van der Waals surface area contributed by atoms with E-state index in [9.17, 15) is 0 Å². The van der Waals surface area contributed by atoms with Crippen molar-refractivity contribution in [2.24, 2.45) is 0 Å². The Morgan fingerprint density at radius 2 is 1.20 bits per heavy atom. The number of pyridine rings is 2. The summed E-state index contributed by atoms with van der Waals surface area (Å²) in [6, 6.07) is 26.1. The van der Waals surface area contributed by atoms with E-state index < -0.39 is 0 Å². The molecule has 3 nitrogen and oxygen atoms in total. The van der Waals surface area contributed by atoms with E-state index in [-0.39, 0.29) is 0 Å². The number of ether oxygens (including phenoxy) is 1. The standard InChI is InChI=1S/C22H17N2O/c1-2-4-21(5-3-1)25-22-8-6-20(7-9-22)24-16-12-19(13-17-24)18-10-14-23-15-11-18/h1-17H/q+1. The molecule has 0 aliphatic carbocycles. The fourth-order valence-electron chi connectivity index (χ4n) is 2.65. The molecule has 0 spiro atoms. The molecule has 25 heavy (non-hydrogen) atoms. The van der Waals surface area contributed by atoms with Gasteiger partial charge in [0.1, 0.15) is 11.5 Å². The molecule has 0 atom stereocenters. The van der Waals surface area contributed by atoms with Crippen molar-refractivity contribution in [1.82, 2.24) is 4.98 Å². The maximum atomic E-state index is 5.83. The van der Waals surface area contributed by atoms with Gasteiger partial charge in [0, 0.05) is 36.7 Å². The van der Waals surface area contributed by atoms with Crippen LogP contribution in [-0.2, 0) is 0 Å². The molecule has 2 heterocycles. The Labute approximate surface area is 146 Å². The third-order valence-electron chi connectivity index (χ3n) is 3.96. The first-order chi connectivity index (χ1) is 12.4. The van der Waals surface area contributed by atoms with E-state index in [2.05, 4.69) is 34.1 Å². The number of benzene rings is 2. The summed E-state index contributed by atoms with van der Waals surface area (Å²) in [7, 11) is 0. The van der Waals surface area contributed by atoms with Gasteiger partial charge in [-0.3, -0.25) is 4.98 Å². The van der Waals surface area contributed by atoms with Crippen molar-refractivity contribution in [1.29, 1.82) is 0 Å². The third kappa shape index (κ3) is 3.56. The van der Waals surface area contributed by atoms with Crippen LogP contribution >= 0.6 is 0 Å². The number of rotatable bonds is 4. The first-order valence-corrected chi connectivity index (χ1v) is 8.13. The molecule has 0 saturated heterocycles. The number of hydrogen-bond acceptors (Lipinski definition) is 2. The Bertz CT molecular complexity index is 935. The van der Waals surface area contributed by atoms with Gasteiger partial charge < -0.3 is 4.74 Å². The van der Waals surface area contributed by atoms with Gasteiger partial charge in [-0.05, 0) is 47.5 Å². The molecule has 120 valence electrons. The van der Waals surface area contributed by atoms with Gasteiger partial charge in [-0.25, -0.2) is 0 Å². The largest absolute Gasteiger partial charge is 0.457 e. The zero-order chi connectivity index (χ0) is 16.9. The summed E-state index contributed by atoms with van der Waals surface area (Å²) in [5.41, 5.74) is 3.41. The van der Waals surface area contributed by atoms with Gasteiger partial charge in [-0.15, -0.1) is 0 Å². The van der Waals surface area contributed by atoms with Crippen molar-refractivity contribution < 1.29 is 9.30 Å². The van der Waals surface area contributed by atoms with Crippen LogP contribution in [0.3, 0.4) is 0 Å². The van der Waals surface area contributed by atoms with Crippen molar-refractivity contribution in [3.05, 3.63) is 104 Å². The molecule has 0 bridgehead atoms. The van der Waals surface area contributed by atoms with Crippen LogP contribution in [0.1, 0.15) is 0 Å². The minimum absolute atomic E-state index is 0.823. The van der Waals surface area contributed by atoms with Gasteiger partial charge in [-0.2, -0.15) is 4.57 Å². The molecule has 3 heteroatoms. The zero-order valence-electron chi connectivity index (χ0n) is 13.6. The molecule has 0 saturated carbocycles. The first-order valence-electron chi connectivity index (χ1n) is 8.13. The minimum Gasteiger partial charge on any atom is -0.457 e. The number of para-hydroxylation sites is 1. The number of hydrogen-bond donors (Lipinski definition) is 0. The smallest absolute Gasteiger partial charge is 0.210 e. The molecule has 4 aromatic rings. The average Bonchev–Trinajstić information content (AvgIpc) is 2.70. The number of aromatic nitrogens is 2. The second kappa shape index (κ2) is 6.97. The Balaban J connectivity index is 1.52. The third-order valence-corrected chi connectivity index (χ3v) is 3.96. The molecule has 2 aromatic carbocycles. The first kappa shape index (κ1) is 15.1. The molecule has 0 radical (unpaired) electrons. The van der Waals surface area contributed by atoms with Crippen LogP contribution in [0, 0.1) is 0 Å². The van der Waals surface area contributed by atoms with Crippen molar-refractivity contribution >= 4 is 0 Å². The van der Waals surface area contributed by atoms with Crippen molar-refractivity contribution in [3.8, 4) is 28.3 Å². The Morgan fingerprint density at radius 3 is 1.88 bits per heavy atom. The SMILES string of the molecule is c1ccc(Oc2ccc(-[n+]3ccc(-c4ccncc4)cc3)cc2)cc1. The summed E-state index contributed by atoms with van der Waals surface area (Å²) < 4.78 is 7.91. The van der Waals surface area contributed by atoms with Crippen molar-refractivity contribution in [3.63, 3.8) is 0 Å². The van der Waals surface area contributed by atoms with Gasteiger partial charge in [0.05, 0.1) is 0 Å². The average molecular weight is 325 g/mol. The van der Waals surface area contributed by atoms with Crippen LogP contribution in [-0.4, -0.2) is 4.98 Å². The predicted octanol–water partition coefficient (Wildman–Crippen LogP) is 4.82. The zero-order valence-corrected chi connectivity index (χ0v) is 13.6. The lowest BCUT2D eigenvalue weighted by molar-refractivity contribution is -0.595. The van der Waals surface area contributed by atoms with Crippen molar-refractivity contribution in [2.45, 2.75) is 0 Å². The molecule has 0 fully saturated rings. The lowest BCUT2D eigenvalue weighted by Gasteiger charge is -2.05. The quantitative estimate of drug-likeness (QED) is 0.503. The molecule has 0 aliphatic heterocycles. The van der Waals surface area contributed by atoms with Crippen LogP contribution in [0.5, 0.6) is 11.5 Å². The topological polar surface area (TPSA) is 26.0 Å². The van der Waals surface area contributed by atoms with Gasteiger partial charge in [-0.1, -0.05) is 18.2 Å². The van der Waals surface area contributed by atoms with E-state index >= 15 is 0 Å². The van der Waals surface area contributed by atoms with Crippen LogP contribution in [0.2, 0.25) is 0 Å². The highest BCUT2D eigenvalue weighted by atomic mass is 16.5. The van der Waals surface area contributed by atoms with Gasteiger partial charge in [0.2, 0.25) is 5.69 Å². The summed E-state index contributed by atoms with van der Waals surface area (Å²) in [4.78, 5) is 4.06. The fraction of sp³-hybridized carbons (Fsp3) is 0. The van der Waals surface area contributed by atoms with Crippen molar-refractivity contribution in [2.75, 3.05) is 0 Å². The normalized spacial score (nSPS) is 10.4. The Morgan fingerprint density at radius 1 is 0.600 bits per heavy atom. The summed E-state index contributed by atoms with van der Waals surface area (Å²) in [6.45, 7) is 0. The molecule has 0 N–H and O–H groups in total. The fourth-order valence-corrected chi connectivity index (χ4v) is 2.65. The molecular weight excluding hydrogens is 308 g/mol. The van der Waals surface area contributed by atoms with E-state index in [4.69, 9.17) is 4.74 Å². The predicted molar refractivity (Wildman–Crippen MR) is 97.7 cm³/mol. The van der Waals surface area contributed by atoms with Gasteiger partial charge >= 0.3 is 0 Å². The summed E-state index contributed by atoms with van der Waals surface area (Å²) in [6.07, 6.45) is 7.73. The maximum Gasteiger partial charge on any atom is 0.210 e. The molecular formula is C22H17N2O+. The van der Waals surface area contributed by atoms with Gasteiger partial charge in [0.25, 0.3) is 0 Å². The highest BCUT2D eigenvalue weighted by Crippen LogP contribution is 2.21. The highest BCUT2D eigenvalue weighted by Gasteiger charge is 2.07. The second-order valence-corrected chi connectivity index (χ2v) is 5.64. The molecule has 0 amide bonds. The van der Waals surface area contributed by atoms with Crippen LogP contribution in [0.25, 0.3) is 16.8 Å². The van der Waals surface area contributed by atoms with E-state index in [1.165, 1.54) is 5.56 Å². The molecule has 4 rings (SSSR count). The second-order valence-electron chi connectivity index (χ2n) is 5.64. The summed E-state index contributed by atoms with van der Waals surface area (Å²) >= 11 is 0. The monoisotopic (exact) mass is 325 g/mol. The van der Waals surface area contributed by atoms with Crippen LogP contribution in [0.4, 0.5) is 0 Å². The molecule has 0 unspecified atom stereocenters. The Hall–Kier alpha value is -3.46. The van der Waals surface area contributed by atoms with E-state index in [1.54, 1.807) is 0 Å². The van der Waals surface area contributed by atoms with E-state index in [0.29, 0.717) is 0 Å². The maximum absolute atomic E-state index is 5.83. The molecule has 2 aromatic heterocycles. The Kier molecular flexibility index (Phi) is 4.21. The van der Waals surface area contributed by atoms with Crippen LogP contribution in [0.15, 0.2) is 104 Å². The minimum atomic E-state index is 0.823.